The highest BCUT2D eigenvalue weighted by Gasteiger charge is 2.56. The number of aromatic nitrogens is 4. The van der Waals surface area contributed by atoms with Gasteiger partial charge in [0.15, 0.2) is 0 Å². The number of rotatable bonds is 8. The number of nitriles is 1. The van der Waals surface area contributed by atoms with Gasteiger partial charge < -0.3 is 10.6 Å². The summed E-state index contributed by atoms with van der Waals surface area (Å²) in [7, 11) is 0. The summed E-state index contributed by atoms with van der Waals surface area (Å²) in [5, 5.41) is 27.0. The topological polar surface area (TPSA) is 91.5 Å². The molecule has 9 heteroatoms. The Bertz CT molecular complexity index is 1540. The first kappa shape index (κ1) is 22.5. The lowest BCUT2D eigenvalue weighted by molar-refractivity contribution is -0.0929. The fourth-order valence-electron chi connectivity index (χ4n) is 5.88. The van der Waals surface area contributed by atoms with Gasteiger partial charge in [-0.05, 0) is 73.3 Å². The van der Waals surface area contributed by atoms with Crippen LogP contribution in [-0.2, 0) is 0 Å². The second kappa shape index (κ2) is 8.42. The van der Waals surface area contributed by atoms with Gasteiger partial charge in [0.25, 0.3) is 0 Å². The summed E-state index contributed by atoms with van der Waals surface area (Å²) in [5.74, 6) is 0.584. The van der Waals surface area contributed by atoms with E-state index in [4.69, 9.17) is 11.6 Å². The lowest BCUT2D eigenvalue weighted by Crippen LogP contribution is -2.55. The molecule has 4 fully saturated rings. The molecule has 2 heterocycles. The molecule has 2 aromatic carbocycles. The highest BCUT2D eigenvalue weighted by Crippen LogP contribution is 2.64. The Hall–Kier alpha value is -3.70. The van der Waals surface area contributed by atoms with Crippen molar-refractivity contribution in [2.75, 3.05) is 17.2 Å². The molecule has 2 bridgehead atoms. The van der Waals surface area contributed by atoms with Crippen molar-refractivity contribution >= 4 is 33.9 Å². The predicted octanol–water partition coefficient (Wildman–Crippen LogP) is 6.24. The largest absolute Gasteiger partial charge is 0.383 e. The Morgan fingerprint density at radius 1 is 1.19 bits per heavy atom. The smallest absolute Gasteiger partial charge is 0.123 e. The van der Waals surface area contributed by atoms with E-state index >= 15 is 0 Å². The molecule has 4 aromatic rings. The third-order valence-corrected chi connectivity index (χ3v) is 8.33. The maximum atomic E-state index is 13.8. The van der Waals surface area contributed by atoms with E-state index in [2.05, 4.69) is 32.0 Å². The van der Waals surface area contributed by atoms with Gasteiger partial charge in [0, 0.05) is 23.2 Å². The Morgan fingerprint density at radius 3 is 2.65 bits per heavy atom. The molecule has 186 valence electrons. The SMILES string of the molecule is N#Cc1cnc2c(N[C@@H](c3ccc(F)cc3)c3cn(C4CC4)nn3)cc(Cl)cc2c1NCC12CC(C1)C2. The Labute approximate surface area is 218 Å². The first-order chi connectivity index (χ1) is 18.0. The van der Waals surface area contributed by atoms with Crippen LogP contribution in [0.5, 0.6) is 0 Å². The molecule has 0 unspecified atom stereocenters. The molecule has 4 saturated carbocycles. The van der Waals surface area contributed by atoms with Crippen molar-refractivity contribution in [2.24, 2.45) is 11.3 Å². The van der Waals surface area contributed by atoms with Crippen LogP contribution in [0.25, 0.3) is 10.9 Å². The van der Waals surface area contributed by atoms with Crippen LogP contribution in [0.3, 0.4) is 0 Å². The summed E-state index contributed by atoms with van der Waals surface area (Å²) in [6, 6.07) is 12.3. The number of pyridine rings is 1. The first-order valence-electron chi connectivity index (χ1n) is 12.7. The molecule has 0 radical (unpaired) electrons. The van der Waals surface area contributed by atoms with E-state index in [1.54, 1.807) is 18.3 Å². The minimum absolute atomic E-state index is 0.303. The van der Waals surface area contributed by atoms with E-state index in [1.165, 1.54) is 31.4 Å². The van der Waals surface area contributed by atoms with Gasteiger partial charge in [0.05, 0.1) is 40.7 Å². The maximum Gasteiger partial charge on any atom is 0.123 e. The second-order valence-electron chi connectivity index (χ2n) is 10.8. The van der Waals surface area contributed by atoms with Gasteiger partial charge in [0.1, 0.15) is 17.6 Å². The lowest BCUT2D eigenvalue weighted by Gasteiger charge is -2.62. The van der Waals surface area contributed by atoms with Gasteiger partial charge in [-0.1, -0.05) is 28.9 Å². The van der Waals surface area contributed by atoms with Gasteiger partial charge in [-0.3, -0.25) is 4.98 Å². The average molecular weight is 514 g/mol. The molecular weight excluding hydrogens is 489 g/mol. The first-order valence-corrected chi connectivity index (χ1v) is 13.1. The highest BCUT2D eigenvalue weighted by atomic mass is 35.5. The molecule has 37 heavy (non-hydrogen) atoms. The summed E-state index contributed by atoms with van der Waals surface area (Å²) in [6.45, 7) is 0.842. The third kappa shape index (κ3) is 3.98. The van der Waals surface area contributed by atoms with Crippen molar-refractivity contribution in [3.63, 3.8) is 0 Å². The third-order valence-electron chi connectivity index (χ3n) is 8.11. The van der Waals surface area contributed by atoms with Crippen LogP contribution in [-0.4, -0.2) is 26.5 Å². The number of anilines is 2. The maximum absolute atomic E-state index is 13.8. The number of hydrogen-bond donors (Lipinski definition) is 2. The molecule has 0 amide bonds. The fraction of sp³-hybridized carbons (Fsp3) is 0.357. The second-order valence-corrected chi connectivity index (χ2v) is 11.3. The summed E-state index contributed by atoms with van der Waals surface area (Å²) in [6.07, 6.45) is 9.54. The van der Waals surface area contributed by atoms with Crippen LogP contribution in [0, 0.1) is 28.5 Å². The number of hydrogen-bond acceptors (Lipinski definition) is 6. The number of fused-ring (bicyclic) bond motifs is 1. The Morgan fingerprint density at radius 2 is 1.97 bits per heavy atom. The standard InChI is InChI=1S/C28H25ClFN7/c29-19-7-22-25(33-15-28-9-16(10-28)11-28)18(12-31)13-32-27(22)23(8-19)34-26(17-1-3-20(30)4-2-17)24-14-37(36-35-24)21-5-6-21/h1-4,7-8,13-14,16,21,26,34H,5-6,9-11,15H2,(H,32,33)/t16?,26-,28?/m0/s1. The minimum Gasteiger partial charge on any atom is -0.383 e. The van der Waals surface area contributed by atoms with Crippen LogP contribution in [0.4, 0.5) is 15.8 Å². The molecule has 1 atom stereocenters. The van der Waals surface area contributed by atoms with E-state index < -0.39 is 6.04 Å². The number of nitrogens with one attached hydrogen (secondary N) is 2. The van der Waals surface area contributed by atoms with E-state index in [0.29, 0.717) is 33.2 Å². The van der Waals surface area contributed by atoms with Crippen LogP contribution in [0.2, 0.25) is 5.02 Å². The van der Waals surface area contributed by atoms with Crippen molar-refractivity contribution < 1.29 is 4.39 Å². The van der Waals surface area contributed by atoms with Crippen LogP contribution in [0.1, 0.15) is 61.0 Å². The summed E-state index contributed by atoms with van der Waals surface area (Å²) < 4.78 is 15.6. The normalized spacial score (nSPS) is 22.6. The number of halogens is 2. The van der Waals surface area contributed by atoms with E-state index in [9.17, 15) is 9.65 Å². The molecular formula is C28H25ClFN7. The van der Waals surface area contributed by atoms with E-state index in [-0.39, 0.29) is 5.82 Å². The van der Waals surface area contributed by atoms with Crippen molar-refractivity contribution in [3.8, 4) is 6.07 Å². The van der Waals surface area contributed by atoms with E-state index in [1.807, 2.05) is 23.0 Å². The predicted molar refractivity (Wildman–Crippen MR) is 140 cm³/mol. The van der Waals surface area contributed by atoms with Crippen molar-refractivity contribution in [3.05, 3.63) is 76.5 Å². The monoisotopic (exact) mass is 513 g/mol. The molecule has 0 saturated heterocycles. The summed E-state index contributed by atoms with van der Waals surface area (Å²) >= 11 is 6.62. The molecule has 0 aliphatic heterocycles. The van der Waals surface area contributed by atoms with Crippen LogP contribution < -0.4 is 10.6 Å². The summed E-state index contributed by atoms with van der Waals surface area (Å²) in [4.78, 5) is 4.66. The number of benzene rings is 2. The molecule has 2 N–H and O–H groups in total. The molecule has 4 aliphatic carbocycles. The van der Waals surface area contributed by atoms with Gasteiger partial charge in [-0.15, -0.1) is 5.10 Å². The molecule has 4 aliphatic rings. The zero-order valence-electron chi connectivity index (χ0n) is 20.1. The molecule has 0 spiro atoms. The molecule has 8 rings (SSSR count). The van der Waals surface area contributed by atoms with Gasteiger partial charge in [-0.25, -0.2) is 9.07 Å². The van der Waals surface area contributed by atoms with Crippen molar-refractivity contribution in [1.29, 1.82) is 5.26 Å². The highest BCUT2D eigenvalue weighted by molar-refractivity contribution is 6.32. The van der Waals surface area contributed by atoms with Gasteiger partial charge >= 0.3 is 0 Å². The Kier molecular flexibility index (Phi) is 5.12. The fourth-order valence-corrected chi connectivity index (χ4v) is 6.10. The zero-order valence-corrected chi connectivity index (χ0v) is 20.8. The van der Waals surface area contributed by atoms with Crippen molar-refractivity contribution in [2.45, 2.75) is 44.2 Å². The van der Waals surface area contributed by atoms with Crippen LogP contribution in [0.15, 0.2) is 48.8 Å². The van der Waals surface area contributed by atoms with Crippen molar-refractivity contribution in [1.82, 2.24) is 20.0 Å². The minimum atomic E-state index is -0.399. The van der Waals surface area contributed by atoms with Gasteiger partial charge in [0.2, 0.25) is 0 Å². The summed E-state index contributed by atoms with van der Waals surface area (Å²) in [5.41, 5.74) is 4.60. The zero-order chi connectivity index (χ0) is 25.1. The number of nitrogens with zero attached hydrogens (tertiary/aromatic N) is 5. The average Bonchev–Trinajstić information content (AvgIpc) is 3.58. The molecule has 7 nitrogen and oxygen atoms in total. The van der Waals surface area contributed by atoms with E-state index in [0.717, 1.165) is 47.6 Å². The Balaban J connectivity index is 1.29. The molecule has 2 aromatic heterocycles. The lowest BCUT2D eigenvalue weighted by atomic mass is 9.44. The quantitative estimate of drug-likeness (QED) is 0.290. The van der Waals surface area contributed by atoms with Crippen LogP contribution >= 0.6 is 11.6 Å². The van der Waals surface area contributed by atoms with Gasteiger partial charge in [-0.2, -0.15) is 5.26 Å².